The molecule has 0 unspecified atom stereocenters. The number of nitrogens with zero attached hydrogens (tertiary/aromatic N) is 2. The molecule has 0 saturated heterocycles. The van der Waals surface area contributed by atoms with Gasteiger partial charge in [-0.2, -0.15) is 0 Å². The fourth-order valence-electron chi connectivity index (χ4n) is 2.90. The number of carbonyl (C=O) groups excluding carboxylic acids is 1. The number of rotatable bonds is 8. The molecule has 0 spiro atoms. The monoisotopic (exact) mass is 451 g/mol. The summed E-state index contributed by atoms with van der Waals surface area (Å²) in [4.78, 5) is 21.1. The Morgan fingerprint density at radius 3 is 2.77 bits per heavy atom. The number of ether oxygens (including phenoxy) is 2. The number of aryl methyl sites for hydroxylation is 1. The van der Waals surface area contributed by atoms with Gasteiger partial charge in [-0.05, 0) is 42.8 Å². The summed E-state index contributed by atoms with van der Waals surface area (Å²) in [5, 5.41) is 3.88. The Bertz CT molecular complexity index is 1160. The fraction of sp³-hybridized carbons (Fsp3) is 0.174. The molecular formula is C23H21N3O3S2. The highest BCUT2D eigenvalue weighted by Crippen LogP contribution is 2.31. The SMILES string of the molecule is COc1cc(C)ccc1Oc1ccc(NC(=O)CSCc2nc3ccccc3s2)cn1. The van der Waals surface area contributed by atoms with E-state index < -0.39 is 0 Å². The third-order valence-corrected chi connectivity index (χ3v) is 6.51. The molecule has 0 atom stereocenters. The first-order valence-corrected chi connectivity index (χ1v) is 11.6. The lowest BCUT2D eigenvalue weighted by atomic mass is 10.2. The van der Waals surface area contributed by atoms with Crippen LogP contribution in [0.2, 0.25) is 0 Å². The van der Waals surface area contributed by atoms with Gasteiger partial charge in [0.1, 0.15) is 5.01 Å². The quantitative estimate of drug-likeness (QED) is 0.372. The molecule has 2 aromatic heterocycles. The fourth-order valence-corrected chi connectivity index (χ4v) is 4.74. The lowest BCUT2D eigenvalue weighted by molar-refractivity contribution is -0.113. The number of aromatic nitrogens is 2. The maximum absolute atomic E-state index is 12.2. The van der Waals surface area contributed by atoms with Crippen LogP contribution in [0.4, 0.5) is 5.69 Å². The van der Waals surface area contributed by atoms with E-state index in [1.165, 1.54) is 16.5 Å². The van der Waals surface area contributed by atoms with Gasteiger partial charge >= 0.3 is 0 Å². The minimum atomic E-state index is -0.0817. The van der Waals surface area contributed by atoms with E-state index in [2.05, 4.69) is 21.4 Å². The van der Waals surface area contributed by atoms with Gasteiger partial charge in [-0.15, -0.1) is 23.1 Å². The lowest BCUT2D eigenvalue weighted by Gasteiger charge is -2.11. The van der Waals surface area contributed by atoms with E-state index >= 15 is 0 Å². The minimum absolute atomic E-state index is 0.0817. The molecule has 6 nitrogen and oxygen atoms in total. The zero-order chi connectivity index (χ0) is 21.6. The van der Waals surface area contributed by atoms with E-state index in [0.717, 1.165) is 16.1 Å². The summed E-state index contributed by atoms with van der Waals surface area (Å²) in [6, 6.07) is 17.2. The highest BCUT2D eigenvalue weighted by Gasteiger charge is 2.09. The number of thioether (sulfide) groups is 1. The predicted molar refractivity (Wildman–Crippen MR) is 126 cm³/mol. The first-order chi connectivity index (χ1) is 15.1. The summed E-state index contributed by atoms with van der Waals surface area (Å²) in [6.45, 7) is 1.99. The number of carbonyl (C=O) groups is 1. The molecule has 31 heavy (non-hydrogen) atoms. The van der Waals surface area contributed by atoms with Crippen LogP contribution in [-0.2, 0) is 10.5 Å². The van der Waals surface area contributed by atoms with Crippen molar-refractivity contribution >= 4 is 44.9 Å². The standard InChI is InChI=1S/C23H21N3O3S2/c1-15-7-9-18(19(11-15)28-2)29-22-10-8-16(12-24-22)25-21(27)13-30-14-23-26-17-5-3-4-6-20(17)31-23/h3-12H,13-14H2,1-2H3,(H,25,27). The number of methoxy groups -OCH3 is 1. The number of fused-ring (bicyclic) bond motifs is 1. The van der Waals surface area contributed by atoms with Crippen LogP contribution in [0.25, 0.3) is 10.2 Å². The Labute approximate surface area is 188 Å². The van der Waals surface area contributed by atoms with E-state index in [4.69, 9.17) is 9.47 Å². The molecular weight excluding hydrogens is 430 g/mol. The Morgan fingerprint density at radius 1 is 1.13 bits per heavy atom. The van der Waals surface area contributed by atoms with Crippen LogP contribution in [0.3, 0.4) is 0 Å². The summed E-state index contributed by atoms with van der Waals surface area (Å²) in [5.41, 5.74) is 2.70. The zero-order valence-electron chi connectivity index (χ0n) is 17.1. The molecule has 0 aliphatic heterocycles. The van der Waals surface area contributed by atoms with E-state index in [1.807, 2.05) is 43.3 Å². The van der Waals surface area contributed by atoms with Crippen LogP contribution < -0.4 is 14.8 Å². The van der Waals surface area contributed by atoms with Crippen molar-refractivity contribution in [3.05, 3.63) is 71.4 Å². The summed E-state index contributed by atoms with van der Waals surface area (Å²) >= 11 is 3.20. The molecule has 8 heteroatoms. The Balaban J connectivity index is 1.28. The third-order valence-electron chi connectivity index (χ3n) is 4.35. The van der Waals surface area contributed by atoms with Gasteiger partial charge in [-0.25, -0.2) is 9.97 Å². The molecule has 0 saturated carbocycles. The molecule has 158 valence electrons. The molecule has 1 amide bonds. The number of pyridine rings is 1. The smallest absolute Gasteiger partial charge is 0.234 e. The second-order valence-electron chi connectivity index (χ2n) is 6.76. The number of benzene rings is 2. The summed E-state index contributed by atoms with van der Waals surface area (Å²) in [5.74, 6) is 2.62. The number of anilines is 1. The van der Waals surface area contributed by atoms with Crippen LogP contribution in [0.1, 0.15) is 10.6 Å². The van der Waals surface area contributed by atoms with Crippen molar-refractivity contribution in [2.75, 3.05) is 18.2 Å². The molecule has 0 aliphatic rings. The number of para-hydroxylation sites is 1. The van der Waals surface area contributed by atoms with Crippen molar-refractivity contribution in [1.29, 1.82) is 0 Å². The van der Waals surface area contributed by atoms with Gasteiger partial charge in [0, 0.05) is 11.8 Å². The van der Waals surface area contributed by atoms with E-state index in [1.54, 1.807) is 36.8 Å². The number of hydrogen-bond acceptors (Lipinski definition) is 7. The van der Waals surface area contributed by atoms with Crippen LogP contribution in [-0.4, -0.2) is 28.7 Å². The average Bonchev–Trinajstić information content (AvgIpc) is 3.19. The van der Waals surface area contributed by atoms with Crippen molar-refractivity contribution in [1.82, 2.24) is 9.97 Å². The number of amides is 1. The molecule has 0 radical (unpaired) electrons. The highest BCUT2D eigenvalue weighted by molar-refractivity contribution is 7.99. The van der Waals surface area contributed by atoms with Gasteiger partial charge < -0.3 is 14.8 Å². The summed E-state index contributed by atoms with van der Waals surface area (Å²) < 4.78 is 12.3. The summed E-state index contributed by atoms with van der Waals surface area (Å²) in [6.07, 6.45) is 1.58. The van der Waals surface area contributed by atoms with Crippen molar-refractivity contribution < 1.29 is 14.3 Å². The van der Waals surface area contributed by atoms with Crippen molar-refractivity contribution in [3.8, 4) is 17.4 Å². The Morgan fingerprint density at radius 2 is 2.00 bits per heavy atom. The second-order valence-corrected chi connectivity index (χ2v) is 8.86. The zero-order valence-corrected chi connectivity index (χ0v) is 18.8. The van der Waals surface area contributed by atoms with Gasteiger partial charge in [0.25, 0.3) is 0 Å². The number of nitrogens with one attached hydrogen (secondary N) is 1. The number of thiazole rings is 1. The maximum Gasteiger partial charge on any atom is 0.234 e. The van der Waals surface area contributed by atoms with Crippen LogP contribution in [0.15, 0.2) is 60.8 Å². The van der Waals surface area contributed by atoms with Crippen LogP contribution in [0, 0.1) is 6.92 Å². The van der Waals surface area contributed by atoms with Crippen LogP contribution in [0.5, 0.6) is 17.4 Å². The number of hydrogen-bond donors (Lipinski definition) is 1. The van der Waals surface area contributed by atoms with E-state index in [-0.39, 0.29) is 5.91 Å². The molecule has 4 rings (SSSR count). The minimum Gasteiger partial charge on any atom is -0.493 e. The molecule has 1 N–H and O–H groups in total. The Kier molecular flexibility index (Phi) is 6.69. The van der Waals surface area contributed by atoms with Crippen LogP contribution >= 0.6 is 23.1 Å². The lowest BCUT2D eigenvalue weighted by Crippen LogP contribution is -2.14. The van der Waals surface area contributed by atoms with Gasteiger partial charge in [-0.3, -0.25) is 4.79 Å². The van der Waals surface area contributed by atoms with Crippen molar-refractivity contribution in [3.63, 3.8) is 0 Å². The normalized spacial score (nSPS) is 10.8. The van der Waals surface area contributed by atoms with Gasteiger partial charge in [0.05, 0.1) is 35.0 Å². The average molecular weight is 452 g/mol. The predicted octanol–water partition coefficient (Wildman–Crippen LogP) is 5.67. The largest absolute Gasteiger partial charge is 0.493 e. The van der Waals surface area contributed by atoms with Gasteiger partial charge in [0.15, 0.2) is 11.5 Å². The molecule has 0 aliphatic carbocycles. The van der Waals surface area contributed by atoms with Crippen molar-refractivity contribution in [2.24, 2.45) is 0 Å². The summed E-state index contributed by atoms with van der Waals surface area (Å²) in [7, 11) is 1.60. The third kappa shape index (κ3) is 5.53. The molecule has 0 bridgehead atoms. The molecule has 2 heterocycles. The van der Waals surface area contributed by atoms with Gasteiger partial charge in [-0.1, -0.05) is 18.2 Å². The Hall–Kier alpha value is -3.10. The highest BCUT2D eigenvalue weighted by atomic mass is 32.2. The first kappa shape index (κ1) is 21.1. The van der Waals surface area contributed by atoms with Gasteiger partial charge in [0.2, 0.25) is 11.8 Å². The molecule has 4 aromatic rings. The molecule has 0 fully saturated rings. The topological polar surface area (TPSA) is 73.3 Å². The van der Waals surface area contributed by atoms with E-state index in [0.29, 0.717) is 34.6 Å². The second kappa shape index (κ2) is 9.80. The van der Waals surface area contributed by atoms with E-state index in [9.17, 15) is 4.79 Å². The first-order valence-electron chi connectivity index (χ1n) is 9.61. The van der Waals surface area contributed by atoms with Crippen molar-refractivity contribution in [2.45, 2.75) is 12.7 Å². The maximum atomic E-state index is 12.2. The molecule has 2 aromatic carbocycles.